The molecule has 0 saturated heterocycles. The molecule has 0 atom stereocenters. The molecule has 0 spiro atoms. The molecule has 0 heterocycles. The molecule has 0 aliphatic heterocycles. The van der Waals surface area contributed by atoms with Gasteiger partial charge in [-0.25, -0.2) is 4.39 Å². The van der Waals surface area contributed by atoms with Crippen LogP contribution in [0.5, 0.6) is 0 Å². The Labute approximate surface area is 116 Å². The summed E-state index contributed by atoms with van der Waals surface area (Å²) < 4.78 is 13.3. The number of amides is 1. The number of hydrogen-bond donors (Lipinski definition) is 2. The summed E-state index contributed by atoms with van der Waals surface area (Å²) in [7, 11) is 0. The smallest absolute Gasteiger partial charge is 0.285 e. The number of carbonyl (C=O) groups excluding carboxylic acids is 1. The Hall–Kier alpha value is -2.18. The van der Waals surface area contributed by atoms with Crippen molar-refractivity contribution in [1.82, 2.24) is 5.32 Å². The monoisotopic (exact) mass is 283 g/mol. The Morgan fingerprint density at radius 3 is 2.60 bits per heavy atom. The molecule has 1 amide bonds. The number of carbonyl (C=O) groups is 1. The Morgan fingerprint density at radius 2 is 2.10 bits per heavy atom. The summed E-state index contributed by atoms with van der Waals surface area (Å²) in [5.41, 5.74) is 4.10. The lowest BCUT2D eigenvalue weighted by Gasteiger charge is -2.22. The lowest BCUT2D eigenvalue weighted by atomic mass is 9.90. The SMILES string of the molecule is CCC(C)(C)CNC(=O)c1cc(N)c(F)cc1[N+](=O)[O-]. The zero-order valence-corrected chi connectivity index (χ0v) is 11.7. The largest absolute Gasteiger partial charge is 0.396 e. The van der Waals surface area contributed by atoms with Crippen molar-refractivity contribution >= 4 is 17.3 Å². The van der Waals surface area contributed by atoms with Gasteiger partial charge in [-0.2, -0.15) is 0 Å². The molecule has 0 aromatic heterocycles. The van der Waals surface area contributed by atoms with Gasteiger partial charge in [0.2, 0.25) is 0 Å². The average Bonchev–Trinajstić information content (AvgIpc) is 2.38. The fourth-order valence-electron chi connectivity index (χ4n) is 1.45. The normalized spacial score (nSPS) is 11.2. The zero-order valence-electron chi connectivity index (χ0n) is 11.7. The number of nitro benzene ring substituents is 1. The molecule has 20 heavy (non-hydrogen) atoms. The van der Waals surface area contributed by atoms with Crippen molar-refractivity contribution in [3.63, 3.8) is 0 Å². The molecule has 0 radical (unpaired) electrons. The van der Waals surface area contributed by atoms with Crippen LogP contribution in [0.2, 0.25) is 0 Å². The third-order valence-corrected chi connectivity index (χ3v) is 3.24. The predicted molar refractivity (Wildman–Crippen MR) is 73.9 cm³/mol. The maximum absolute atomic E-state index is 13.3. The number of anilines is 1. The third kappa shape index (κ3) is 3.66. The van der Waals surface area contributed by atoms with E-state index in [0.717, 1.165) is 12.5 Å². The van der Waals surface area contributed by atoms with Crippen LogP contribution in [0.15, 0.2) is 12.1 Å². The summed E-state index contributed by atoms with van der Waals surface area (Å²) in [5.74, 6) is -1.55. The van der Waals surface area contributed by atoms with E-state index < -0.39 is 22.3 Å². The summed E-state index contributed by atoms with van der Waals surface area (Å²) in [6.07, 6.45) is 0.834. The van der Waals surface area contributed by atoms with E-state index in [2.05, 4.69) is 5.32 Å². The van der Waals surface area contributed by atoms with Gasteiger partial charge in [0.25, 0.3) is 11.6 Å². The highest BCUT2D eigenvalue weighted by molar-refractivity contribution is 5.99. The van der Waals surface area contributed by atoms with Crippen molar-refractivity contribution in [3.8, 4) is 0 Å². The Bertz CT molecular complexity index is 544. The second-order valence-electron chi connectivity index (χ2n) is 5.35. The van der Waals surface area contributed by atoms with Gasteiger partial charge in [0.1, 0.15) is 5.56 Å². The lowest BCUT2D eigenvalue weighted by Crippen LogP contribution is -2.34. The van der Waals surface area contributed by atoms with Crippen LogP contribution >= 0.6 is 0 Å². The standard InChI is InChI=1S/C13H18FN3O3/c1-4-13(2,3)7-16-12(18)8-5-10(15)9(14)6-11(8)17(19)20/h5-6H,4,7,15H2,1-3H3,(H,16,18). The van der Waals surface area contributed by atoms with Gasteiger partial charge in [-0.3, -0.25) is 14.9 Å². The van der Waals surface area contributed by atoms with Crippen molar-refractivity contribution in [2.24, 2.45) is 5.41 Å². The van der Waals surface area contributed by atoms with Crippen LogP contribution in [0, 0.1) is 21.3 Å². The Morgan fingerprint density at radius 1 is 1.50 bits per heavy atom. The van der Waals surface area contributed by atoms with Crippen LogP contribution in [0.1, 0.15) is 37.6 Å². The molecule has 1 aromatic rings. The number of nitrogen functional groups attached to an aromatic ring is 1. The van der Waals surface area contributed by atoms with E-state index in [1.165, 1.54) is 0 Å². The molecule has 0 aliphatic carbocycles. The molecule has 0 unspecified atom stereocenters. The van der Waals surface area contributed by atoms with Gasteiger partial charge in [0, 0.05) is 6.54 Å². The molecular formula is C13H18FN3O3. The first-order valence-electron chi connectivity index (χ1n) is 6.19. The molecule has 0 saturated carbocycles. The Kier molecular flexibility index (Phi) is 4.65. The molecule has 7 heteroatoms. The van der Waals surface area contributed by atoms with Crippen LogP contribution in [-0.4, -0.2) is 17.4 Å². The number of benzene rings is 1. The van der Waals surface area contributed by atoms with Gasteiger partial charge in [0.15, 0.2) is 5.82 Å². The Balaban J connectivity index is 3.04. The van der Waals surface area contributed by atoms with E-state index in [1.54, 1.807) is 0 Å². The topological polar surface area (TPSA) is 98.3 Å². The van der Waals surface area contributed by atoms with E-state index >= 15 is 0 Å². The molecule has 0 aliphatic rings. The van der Waals surface area contributed by atoms with Crippen molar-refractivity contribution < 1.29 is 14.1 Å². The second-order valence-corrected chi connectivity index (χ2v) is 5.35. The minimum atomic E-state index is -0.915. The van der Waals surface area contributed by atoms with E-state index in [4.69, 9.17) is 5.73 Å². The van der Waals surface area contributed by atoms with E-state index in [1.807, 2.05) is 20.8 Å². The van der Waals surface area contributed by atoms with Crippen molar-refractivity contribution in [3.05, 3.63) is 33.6 Å². The minimum absolute atomic E-state index is 0.129. The number of nitrogens with two attached hydrogens (primary N) is 1. The van der Waals surface area contributed by atoms with Gasteiger partial charge in [-0.15, -0.1) is 0 Å². The molecular weight excluding hydrogens is 265 g/mol. The molecule has 1 rings (SSSR count). The van der Waals surface area contributed by atoms with E-state index in [9.17, 15) is 19.3 Å². The van der Waals surface area contributed by atoms with Crippen LogP contribution in [-0.2, 0) is 0 Å². The van der Waals surface area contributed by atoms with Crippen LogP contribution in [0.4, 0.5) is 15.8 Å². The average molecular weight is 283 g/mol. The number of rotatable bonds is 5. The second kappa shape index (κ2) is 5.85. The first-order valence-corrected chi connectivity index (χ1v) is 6.19. The summed E-state index contributed by atoms with van der Waals surface area (Å²) in [5, 5.41) is 13.5. The molecule has 6 nitrogen and oxygen atoms in total. The number of halogens is 1. The highest BCUT2D eigenvalue weighted by Gasteiger charge is 2.24. The van der Waals surface area contributed by atoms with Gasteiger partial charge >= 0.3 is 0 Å². The summed E-state index contributed by atoms with van der Waals surface area (Å²) in [4.78, 5) is 22.1. The summed E-state index contributed by atoms with van der Waals surface area (Å²) in [6.45, 7) is 6.25. The molecule has 0 bridgehead atoms. The molecule has 0 fully saturated rings. The summed E-state index contributed by atoms with van der Waals surface area (Å²) >= 11 is 0. The first kappa shape index (κ1) is 15.9. The highest BCUT2D eigenvalue weighted by Crippen LogP contribution is 2.25. The third-order valence-electron chi connectivity index (χ3n) is 3.24. The first-order chi connectivity index (χ1) is 9.18. The quantitative estimate of drug-likeness (QED) is 0.492. The van der Waals surface area contributed by atoms with Gasteiger partial charge in [-0.05, 0) is 17.9 Å². The van der Waals surface area contributed by atoms with Crippen molar-refractivity contribution in [2.45, 2.75) is 27.2 Å². The van der Waals surface area contributed by atoms with Gasteiger partial charge < -0.3 is 11.1 Å². The number of nitrogens with one attached hydrogen (secondary N) is 1. The number of nitrogens with zero attached hydrogens (tertiary/aromatic N) is 1. The minimum Gasteiger partial charge on any atom is -0.396 e. The maximum Gasteiger partial charge on any atom is 0.285 e. The fraction of sp³-hybridized carbons (Fsp3) is 0.462. The van der Waals surface area contributed by atoms with E-state index in [0.29, 0.717) is 12.6 Å². The van der Waals surface area contributed by atoms with Crippen LogP contribution in [0.3, 0.4) is 0 Å². The van der Waals surface area contributed by atoms with Gasteiger partial charge in [-0.1, -0.05) is 20.8 Å². The van der Waals surface area contributed by atoms with Crippen LogP contribution < -0.4 is 11.1 Å². The molecule has 1 aromatic carbocycles. The molecule has 110 valence electrons. The zero-order chi connectivity index (χ0) is 15.5. The predicted octanol–water partition coefficient (Wildman–Crippen LogP) is 2.48. The number of nitro groups is 1. The maximum atomic E-state index is 13.3. The van der Waals surface area contributed by atoms with E-state index in [-0.39, 0.29) is 16.7 Å². The van der Waals surface area contributed by atoms with Gasteiger partial charge in [0.05, 0.1) is 16.7 Å². The number of hydrogen-bond acceptors (Lipinski definition) is 4. The highest BCUT2D eigenvalue weighted by atomic mass is 19.1. The molecule has 3 N–H and O–H groups in total. The fourth-order valence-corrected chi connectivity index (χ4v) is 1.45. The van der Waals surface area contributed by atoms with Crippen molar-refractivity contribution in [2.75, 3.05) is 12.3 Å². The summed E-state index contributed by atoms with van der Waals surface area (Å²) in [6, 6.07) is 1.65. The van der Waals surface area contributed by atoms with Crippen LogP contribution in [0.25, 0.3) is 0 Å². The lowest BCUT2D eigenvalue weighted by molar-refractivity contribution is -0.385. The van der Waals surface area contributed by atoms with Crippen molar-refractivity contribution in [1.29, 1.82) is 0 Å².